The summed E-state index contributed by atoms with van der Waals surface area (Å²) in [6, 6.07) is 14.7. The number of carbonyl (C=O) groups excluding carboxylic acids is 4. The molecule has 6 aliphatic heterocycles. The zero-order valence-electron chi connectivity index (χ0n) is 37.9. The quantitative estimate of drug-likeness (QED) is 0.174. The number of rotatable bonds is 8. The maximum absolute atomic E-state index is 12.6. The van der Waals surface area contributed by atoms with Gasteiger partial charge in [-0.3, -0.25) is 9.59 Å². The molecule has 8 heterocycles. The van der Waals surface area contributed by atoms with Crippen LogP contribution in [0.1, 0.15) is 87.0 Å². The second-order valence-electron chi connectivity index (χ2n) is 17.3. The lowest BCUT2D eigenvalue weighted by Crippen LogP contribution is -2.44. The molecule has 2 aromatic heterocycles. The highest BCUT2D eigenvalue weighted by molar-refractivity contribution is 5.90. The van der Waals surface area contributed by atoms with Gasteiger partial charge in [-0.2, -0.15) is 0 Å². The van der Waals surface area contributed by atoms with Crippen molar-refractivity contribution in [2.24, 2.45) is 0 Å². The molecular formula is C48H60N12O6. The third-order valence-electron chi connectivity index (χ3n) is 13.1. The molecule has 348 valence electrons. The normalized spacial score (nSPS) is 20.2. The van der Waals surface area contributed by atoms with E-state index in [0.717, 1.165) is 112 Å². The van der Waals surface area contributed by atoms with Gasteiger partial charge in [0, 0.05) is 98.8 Å². The van der Waals surface area contributed by atoms with Crippen LogP contribution in [0.2, 0.25) is 0 Å². The molecule has 18 heteroatoms. The van der Waals surface area contributed by atoms with Crippen LogP contribution in [0.25, 0.3) is 22.8 Å². The highest BCUT2D eigenvalue weighted by atomic mass is 16.5. The van der Waals surface area contributed by atoms with Gasteiger partial charge in [0.2, 0.25) is 11.8 Å². The SMILES string of the molecule is CCNC(=O)Nc1ccc(-c2nc3c(c(N4CCOCC4)n2)CCN2C(=O)CCCC32)cc1.CCNC(=O)Nc1ccc(-c2nc3c(c(N4CCOCC4)n2)CCN2C(=O)CCCC32)cc1. The molecule has 6 aliphatic rings. The molecule has 0 saturated carbocycles. The van der Waals surface area contributed by atoms with Crippen molar-refractivity contribution in [3.05, 3.63) is 71.0 Å². The average Bonchev–Trinajstić information content (AvgIpc) is 3.35. The smallest absolute Gasteiger partial charge is 0.319 e. The van der Waals surface area contributed by atoms with E-state index in [1.807, 2.05) is 72.2 Å². The Morgan fingerprint density at radius 1 is 0.561 bits per heavy atom. The molecule has 4 aromatic rings. The van der Waals surface area contributed by atoms with Crippen molar-refractivity contribution in [3.8, 4) is 22.8 Å². The molecule has 2 unspecified atom stereocenters. The van der Waals surface area contributed by atoms with E-state index in [0.29, 0.717) is 75.4 Å². The summed E-state index contributed by atoms with van der Waals surface area (Å²) in [7, 11) is 0. The van der Waals surface area contributed by atoms with Gasteiger partial charge in [-0.25, -0.2) is 29.5 Å². The van der Waals surface area contributed by atoms with Crippen LogP contribution in [-0.2, 0) is 31.9 Å². The zero-order chi connectivity index (χ0) is 45.6. The third kappa shape index (κ3) is 9.75. The number of benzene rings is 2. The molecule has 2 atom stereocenters. The molecule has 0 spiro atoms. The van der Waals surface area contributed by atoms with Crippen LogP contribution in [0.4, 0.5) is 32.6 Å². The first kappa shape index (κ1) is 44.8. The van der Waals surface area contributed by atoms with E-state index in [4.69, 9.17) is 29.4 Å². The molecular weight excluding hydrogens is 841 g/mol. The van der Waals surface area contributed by atoms with E-state index in [1.54, 1.807) is 0 Å². The number of piperidine rings is 2. The zero-order valence-corrected chi connectivity index (χ0v) is 37.9. The fraction of sp³-hybridized carbons (Fsp3) is 0.500. The molecule has 18 nitrogen and oxygen atoms in total. The Labute approximate surface area is 385 Å². The number of hydrogen-bond donors (Lipinski definition) is 4. The van der Waals surface area contributed by atoms with Gasteiger partial charge in [0.05, 0.1) is 49.9 Å². The van der Waals surface area contributed by atoms with Crippen LogP contribution in [0.3, 0.4) is 0 Å². The molecule has 0 bridgehead atoms. The number of anilines is 4. The number of hydrogen-bond acceptors (Lipinski definition) is 12. The van der Waals surface area contributed by atoms with E-state index in [2.05, 4.69) is 31.1 Å². The summed E-state index contributed by atoms with van der Waals surface area (Å²) < 4.78 is 11.1. The standard InChI is InChI=1S/2C24H30N6O3/c2*1-2-25-24(32)26-17-8-6-16(7-9-17)22-27-21-18(23(28-22)29-12-14-33-15-13-29)10-11-30-19(21)4-3-5-20(30)31/h2*6-9,19H,2-5,10-15H2,1H3,(H2,25,26,32). The van der Waals surface area contributed by atoms with E-state index < -0.39 is 0 Å². The maximum atomic E-state index is 12.6. The summed E-state index contributed by atoms with van der Waals surface area (Å²) in [4.78, 5) is 77.4. The summed E-state index contributed by atoms with van der Waals surface area (Å²) in [5.74, 6) is 3.71. The molecule has 4 fully saturated rings. The first-order valence-electron chi connectivity index (χ1n) is 23.6. The minimum absolute atomic E-state index is 0.0234. The lowest BCUT2D eigenvalue weighted by atomic mass is 9.90. The van der Waals surface area contributed by atoms with Crippen molar-refractivity contribution >= 4 is 46.9 Å². The largest absolute Gasteiger partial charge is 0.378 e. The van der Waals surface area contributed by atoms with Crippen LogP contribution >= 0.6 is 0 Å². The molecule has 2 aromatic carbocycles. The first-order chi connectivity index (χ1) is 32.3. The number of aromatic nitrogens is 4. The number of nitrogens with one attached hydrogen (secondary N) is 4. The molecule has 4 saturated heterocycles. The van der Waals surface area contributed by atoms with Gasteiger partial charge in [-0.05, 0) is 101 Å². The lowest BCUT2D eigenvalue weighted by molar-refractivity contribution is -0.138. The number of amides is 6. The van der Waals surface area contributed by atoms with E-state index in [9.17, 15) is 19.2 Å². The van der Waals surface area contributed by atoms with Crippen molar-refractivity contribution in [2.75, 3.05) is 99.2 Å². The molecule has 0 radical (unpaired) electrons. The second kappa shape index (κ2) is 20.4. The van der Waals surface area contributed by atoms with E-state index in [1.165, 1.54) is 11.1 Å². The fourth-order valence-electron chi connectivity index (χ4n) is 9.85. The minimum Gasteiger partial charge on any atom is -0.378 e. The molecule has 10 rings (SSSR count). The van der Waals surface area contributed by atoms with Crippen LogP contribution in [0.5, 0.6) is 0 Å². The van der Waals surface area contributed by atoms with Crippen LogP contribution in [-0.4, -0.2) is 132 Å². The highest BCUT2D eigenvalue weighted by Crippen LogP contribution is 2.42. The van der Waals surface area contributed by atoms with Crippen LogP contribution in [0.15, 0.2) is 48.5 Å². The molecule has 66 heavy (non-hydrogen) atoms. The van der Waals surface area contributed by atoms with Crippen molar-refractivity contribution in [1.82, 2.24) is 40.4 Å². The maximum Gasteiger partial charge on any atom is 0.319 e. The van der Waals surface area contributed by atoms with Gasteiger partial charge in [-0.1, -0.05) is 0 Å². The van der Waals surface area contributed by atoms with Crippen LogP contribution < -0.4 is 31.1 Å². The fourth-order valence-corrected chi connectivity index (χ4v) is 9.85. The Kier molecular flexibility index (Phi) is 13.8. The summed E-state index contributed by atoms with van der Waals surface area (Å²) >= 11 is 0. The lowest BCUT2D eigenvalue weighted by Gasteiger charge is -2.41. The third-order valence-corrected chi connectivity index (χ3v) is 13.1. The van der Waals surface area contributed by atoms with Crippen LogP contribution in [0, 0.1) is 0 Å². The summed E-state index contributed by atoms with van der Waals surface area (Å²) in [5, 5.41) is 11.1. The number of ether oxygens (including phenoxy) is 2. The Balaban J connectivity index is 0.000000166. The summed E-state index contributed by atoms with van der Waals surface area (Å²) in [6.07, 6.45) is 6.47. The highest BCUT2D eigenvalue weighted by Gasteiger charge is 2.39. The van der Waals surface area contributed by atoms with Gasteiger partial charge in [-0.15, -0.1) is 0 Å². The second-order valence-corrected chi connectivity index (χ2v) is 17.3. The Morgan fingerprint density at radius 3 is 1.33 bits per heavy atom. The van der Waals surface area contributed by atoms with Crippen molar-refractivity contribution in [2.45, 2.75) is 77.3 Å². The van der Waals surface area contributed by atoms with Gasteiger partial charge in [0.25, 0.3) is 0 Å². The molecule has 6 amide bonds. The van der Waals surface area contributed by atoms with Crippen molar-refractivity contribution in [1.29, 1.82) is 0 Å². The summed E-state index contributed by atoms with van der Waals surface area (Å²) in [6.45, 7) is 12.3. The van der Waals surface area contributed by atoms with Gasteiger partial charge in [0.15, 0.2) is 11.6 Å². The Hall–Kier alpha value is -6.40. The predicted molar refractivity (Wildman–Crippen MR) is 250 cm³/mol. The topological polar surface area (TPSA) is 199 Å². The molecule has 0 aliphatic carbocycles. The van der Waals surface area contributed by atoms with Gasteiger partial charge >= 0.3 is 12.1 Å². The van der Waals surface area contributed by atoms with Crippen molar-refractivity contribution < 1.29 is 28.7 Å². The molecule has 4 N–H and O–H groups in total. The Bertz CT molecular complexity index is 2240. The van der Waals surface area contributed by atoms with Crippen molar-refractivity contribution in [3.63, 3.8) is 0 Å². The minimum atomic E-state index is -0.230. The van der Waals surface area contributed by atoms with Gasteiger partial charge in [0.1, 0.15) is 11.6 Å². The number of nitrogens with zero attached hydrogens (tertiary/aromatic N) is 8. The Morgan fingerprint density at radius 2 is 0.955 bits per heavy atom. The summed E-state index contributed by atoms with van der Waals surface area (Å²) in [5.41, 5.74) is 7.51. The number of morpholine rings is 2. The van der Waals surface area contributed by atoms with E-state index >= 15 is 0 Å². The number of fused-ring (bicyclic) bond motifs is 6. The number of urea groups is 2. The first-order valence-corrected chi connectivity index (χ1v) is 23.6. The average molecular weight is 901 g/mol. The predicted octanol–water partition coefficient (Wildman–Crippen LogP) is 5.46. The van der Waals surface area contributed by atoms with E-state index in [-0.39, 0.29) is 36.0 Å². The number of carbonyl (C=O) groups is 4. The van der Waals surface area contributed by atoms with Gasteiger partial charge < -0.3 is 50.3 Å². The monoisotopic (exact) mass is 900 g/mol.